The third-order valence-electron chi connectivity index (χ3n) is 3.28. The van der Waals surface area contributed by atoms with Crippen LogP contribution in [0.25, 0.3) is 6.08 Å². The molecule has 0 bridgehead atoms. The van der Waals surface area contributed by atoms with Crippen LogP contribution in [0.5, 0.6) is 5.75 Å². The zero-order chi connectivity index (χ0) is 19.1. The molecule has 0 saturated carbocycles. The van der Waals surface area contributed by atoms with Crippen molar-refractivity contribution in [2.75, 3.05) is 0 Å². The van der Waals surface area contributed by atoms with Crippen LogP contribution in [-0.2, 0) is 16.2 Å². The Kier molecular flexibility index (Phi) is 6.05. The zero-order valence-electron chi connectivity index (χ0n) is 13.8. The van der Waals surface area contributed by atoms with Crippen molar-refractivity contribution >= 4 is 23.6 Å². The average Bonchev–Trinajstić information content (AvgIpc) is 2.60. The van der Waals surface area contributed by atoms with Crippen LogP contribution in [0.3, 0.4) is 0 Å². The number of ether oxygens (including phenoxy) is 1. The highest BCUT2D eigenvalue weighted by atomic mass is 16.6. The average molecular weight is 356 g/mol. The highest BCUT2D eigenvalue weighted by Crippen LogP contribution is 2.23. The number of amides is 1. The minimum atomic E-state index is -1.28. The number of hydrogen-bond acceptors (Lipinski definition) is 5. The van der Waals surface area contributed by atoms with E-state index in [1.807, 2.05) is 0 Å². The van der Waals surface area contributed by atoms with Gasteiger partial charge in [-0.2, -0.15) is 0 Å². The predicted molar refractivity (Wildman–Crippen MR) is 93.3 cm³/mol. The summed E-state index contributed by atoms with van der Waals surface area (Å²) in [5, 5.41) is 22.2. The van der Waals surface area contributed by atoms with E-state index >= 15 is 0 Å². The number of carbonyl (C=O) groups excluding carboxylic acids is 1. The maximum absolute atomic E-state index is 11.2. The minimum absolute atomic E-state index is 0.0434. The normalized spacial score (nSPS) is 10.9. The molecule has 26 heavy (non-hydrogen) atoms. The highest BCUT2D eigenvalue weighted by molar-refractivity contribution is 5.96. The predicted octanol–water partition coefficient (Wildman–Crippen LogP) is 2.74. The first kappa shape index (κ1) is 18.7. The second-order valence-corrected chi connectivity index (χ2v) is 5.30. The number of non-ortho nitro benzene ring substituents is 1. The molecule has 2 N–H and O–H groups in total. The lowest BCUT2D eigenvalue weighted by Crippen LogP contribution is -2.24. The smallest absolute Gasteiger partial charge is 0.352 e. The van der Waals surface area contributed by atoms with Gasteiger partial charge in [-0.15, -0.1) is 0 Å². The van der Waals surface area contributed by atoms with Gasteiger partial charge in [0.25, 0.3) is 5.69 Å². The molecule has 134 valence electrons. The Balaban J connectivity index is 2.23. The van der Waals surface area contributed by atoms with E-state index in [0.717, 1.165) is 0 Å². The molecule has 0 aliphatic heterocycles. The molecule has 8 nitrogen and oxygen atoms in total. The molecule has 8 heteroatoms. The van der Waals surface area contributed by atoms with Crippen molar-refractivity contribution in [2.45, 2.75) is 13.5 Å². The molecule has 0 spiro atoms. The third-order valence-corrected chi connectivity index (χ3v) is 3.28. The van der Waals surface area contributed by atoms with Gasteiger partial charge in [-0.3, -0.25) is 14.9 Å². The SMILES string of the molecule is CC(=O)NC(=Cc1ccccc1OCc1cccc([N+](=O)[O-])c1)C(=O)O. The van der Waals surface area contributed by atoms with Crippen LogP contribution in [0.1, 0.15) is 18.1 Å². The molecule has 0 atom stereocenters. The summed E-state index contributed by atoms with van der Waals surface area (Å²) in [6.07, 6.45) is 1.28. The zero-order valence-corrected chi connectivity index (χ0v) is 13.8. The molecule has 2 aromatic carbocycles. The van der Waals surface area contributed by atoms with Gasteiger partial charge < -0.3 is 15.2 Å². The molecule has 0 aliphatic carbocycles. The van der Waals surface area contributed by atoms with E-state index in [4.69, 9.17) is 4.74 Å². The Bertz CT molecular complexity index is 875. The van der Waals surface area contributed by atoms with Gasteiger partial charge in [0, 0.05) is 24.6 Å². The lowest BCUT2D eigenvalue weighted by atomic mass is 10.1. The molecule has 0 unspecified atom stereocenters. The molecule has 1 amide bonds. The van der Waals surface area contributed by atoms with E-state index in [2.05, 4.69) is 5.32 Å². The van der Waals surface area contributed by atoms with Gasteiger partial charge in [0.15, 0.2) is 0 Å². The number of nitrogens with zero attached hydrogens (tertiary/aromatic N) is 1. The number of nitro benzene ring substituents is 1. The lowest BCUT2D eigenvalue weighted by Gasteiger charge is -2.10. The minimum Gasteiger partial charge on any atom is -0.488 e. The molecule has 0 fully saturated rings. The van der Waals surface area contributed by atoms with Crippen LogP contribution in [-0.4, -0.2) is 21.9 Å². The Morgan fingerprint density at radius 2 is 1.96 bits per heavy atom. The Morgan fingerprint density at radius 1 is 1.23 bits per heavy atom. The van der Waals surface area contributed by atoms with Crippen molar-refractivity contribution in [3.05, 3.63) is 75.5 Å². The fourth-order valence-corrected chi connectivity index (χ4v) is 2.15. The van der Waals surface area contributed by atoms with E-state index in [1.54, 1.807) is 36.4 Å². The Hall–Kier alpha value is -3.68. The third kappa shape index (κ3) is 5.17. The monoisotopic (exact) mass is 356 g/mol. The van der Waals surface area contributed by atoms with Crippen molar-refractivity contribution in [2.24, 2.45) is 0 Å². The van der Waals surface area contributed by atoms with Crippen LogP contribution in [0.4, 0.5) is 5.69 Å². The van der Waals surface area contributed by atoms with Gasteiger partial charge in [-0.05, 0) is 17.7 Å². The molecular formula is C18H16N2O6. The van der Waals surface area contributed by atoms with E-state index in [9.17, 15) is 24.8 Å². The second-order valence-electron chi connectivity index (χ2n) is 5.30. The van der Waals surface area contributed by atoms with Crippen LogP contribution < -0.4 is 10.1 Å². The summed E-state index contributed by atoms with van der Waals surface area (Å²) in [7, 11) is 0. The fourth-order valence-electron chi connectivity index (χ4n) is 2.15. The summed E-state index contributed by atoms with van der Waals surface area (Å²) >= 11 is 0. The first-order valence-corrected chi connectivity index (χ1v) is 7.54. The van der Waals surface area contributed by atoms with Crippen molar-refractivity contribution in [1.82, 2.24) is 5.32 Å². The van der Waals surface area contributed by atoms with E-state index in [-0.39, 0.29) is 18.0 Å². The van der Waals surface area contributed by atoms with Crippen molar-refractivity contribution < 1.29 is 24.4 Å². The number of aliphatic carboxylic acids is 1. The fraction of sp³-hybridized carbons (Fsp3) is 0.111. The van der Waals surface area contributed by atoms with Crippen molar-refractivity contribution in [3.8, 4) is 5.75 Å². The number of benzene rings is 2. The Morgan fingerprint density at radius 3 is 2.62 bits per heavy atom. The molecule has 2 rings (SSSR count). The number of carboxylic acids is 1. The highest BCUT2D eigenvalue weighted by Gasteiger charge is 2.11. The second kappa shape index (κ2) is 8.43. The summed E-state index contributed by atoms with van der Waals surface area (Å²) in [5.41, 5.74) is 0.712. The van der Waals surface area contributed by atoms with Gasteiger partial charge >= 0.3 is 5.97 Å². The molecule has 0 heterocycles. The summed E-state index contributed by atoms with van der Waals surface area (Å²) in [6, 6.07) is 12.7. The van der Waals surface area contributed by atoms with Crippen molar-refractivity contribution in [3.63, 3.8) is 0 Å². The number of nitro groups is 1. The van der Waals surface area contributed by atoms with Gasteiger partial charge in [0.05, 0.1) is 4.92 Å². The quantitative estimate of drug-likeness (QED) is 0.447. The standard InChI is InChI=1S/C18H16N2O6/c1-12(21)19-16(18(22)23)10-14-6-2-3-8-17(14)26-11-13-5-4-7-15(9-13)20(24)25/h2-10H,11H2,1H3,(H,19,21)(H,22,23). The van der Waals surface area contributed by atoms with Crippen LogP contribution in [0.2, 0.25) is 0 Å². The van der Waals surface area contributed by atoms with Crippen LogP contribution >= 0.6 is 0 Å². The summed E-state index contributed by atoms with van der Waals surface area (Å²) in [6.45, 7) is 1.27. The van der Waals surface area contributed by atoms with Gasteiger partial charge in [-0.1, -0.05) is 30.3 Å². The Labute approximate surface area is 148 Å². The first-order valence-electron chi connectivity index (χ1n) is 7.54. The number of hydrogen-bond donors (Lipinski definition) is 2. The van der Waals surface area contributed by atoms with Crippen molar-refractivity contribution in [1.29, 1.82) is 0 Å². The topological polar surface area (TPSA) is 119 Å². The molecule has 0 saturated heterocycles. The largest absolute Gasteiger partial charge is 0.488 e. The van der Waals surface area contributed by atoms with Gasteiger partial charge in [0.2, 0.25) is 5.91 Å². The van der Waals surface area contributed by atoms with Crippen LogP contribution in [0, 0.1) is 10.1 Å². The van der Waals surface area contributed by atoms with E-state index < -0.39 is 16.8 Å². The maximum atomic E-state index is 11.2. The first-order chi connectivity index (χ1) is 12.4. The molecule has 0 aliphatic rings. The van der Waals surface area contributed by atoms with E-state index in [1.165, 1.54) is 25.1 Å². The number of nitrogens with one attached hydrogen (secondary N) is 1. The van der Waals surface area contributed by atoms with Gasteiger partial charge in [-0.25, -0.2) is 4.79 Å². The molecule has 0 aromatic heterocycles. The number of carboxylic acid groups (broad SMARTS) is 1. The molecule has 2 aromatic rings. The number of rotatable bonds is 7. The van der Waals surface area contributed by atoms with E-state index in [0.29, 0.717) is 16.9 Å². The van der Waals surface area contributed by atoms with Gasteiger partial charge in [0.1, 0.15) is 18.1 Å². The summed E-state index contributed by atoms with van der Waals surface area (Å²) < 4.78 is 5.67. The van der Waals surface area contributed by atoms with Crippen LogP contribution in [0.15, 0.2) is 54.2 Å². The molecular weight excluding hydrogens is 340 g/mol. The summed E-state index contributed by atoms with van der Waals surface area (Å²) in [4.78, 5) is 32.7. The lowest BCUT2D eigenvalue weighted by molar-refractivity contribution is -0.384. The molecule has 0 radical (unpaired) electrons. The number of carbonyl (C=O) groups is 2. The number of para-hydroxylation sites is 1. The maximum Gasteiger partial charge on any atom is 0.352 e. The summed E-state index contributed by atoms with van der Waals surface area (Å²) in [5.74, 6) is -1.41.